The molecule has 1 aliphatic rings. The number of hydrogen-bond acceptors (Lipinski definition) is 3. The third kappa shape index (κ3) is 5.87. The molecule has 0 atom stereocenters. The van der Waals surface area contributed by atoms with E-state index in [9.17, 15) is 4.79 Å². The molecule has 0 aromatic heterocycles. The average Bonchev–Trinajstić information content (AvgIpc) is 2.46. The van der Waals surface area contributed by atoms with E-state index >= 15 is 0 Å². The summed E-state index contributed by atoms with van der Waals surface area (Å²) in [6, 6.07) is 6.61. The summed E-state index contributed by atoms with van der Waals surface area (Å²) in [7, 11) is 0. The van der Waals surface area contributed by atoms with E-state index in [0.29, 0.717) is 6.54 Å². The van der Waals surface area contributed by atoms with Crippen LogP contribution in [0.3, 0.4) is 0 Å². The summed E-state index contributed by atoms with van der Waals surface area (Å²) < 4.78 is 5.23. The molecular weight excluding hydrogens is 288 g/mol. The summed E-state index contributed by atoms with van der Waals surface area (Å²) in [5, 5.41) is 2.82. The highest BCUT2D eigenvalue weighted by atomic mass is 16.6. The van der Waals surface area contributed by atoms with E-state index in [1.165, 1.54) is 16.7 Å². The van der Waals surface area contributed by atoms with Gasteiger partial charge in [0, 0.05) is 19.6 Å². The zero-order chi connectivity index (χ0) is 16.9. The smallest absolute Gasteiger partial charge is 0.407 e. The lowest BCUT2D eigenvalue weighted by Crippen LogP contribution is -2.34. The lowest BCUT2D eigenvalue weighted by molar-refractivity contribution is 0.0526. The van der Waals surface area contributed by atoms with E-state index in [1.807, 2.05) is 20.8 Å². The van der Waals surface area contributed by atoms with Crippen molar-refractivity contribution in [2.24, 2.45) is 0 Å². The van der Waals surface area contributed by atoms with Gasteiger partial charge in [-0.05, 0) is 70.2 Å². The molecule has 0 fully saturated rings. The molecule has 0 radical (unpaired) electrons. The van der Waals surface area contributed by atoms with Crippen LogP contribution in [0.15, 0.2) is 18.2 Å². The molecular formula is C19H30N2O2. The molecule has 128 valence electrons. The van der Waals surface area contributed by atoms with Gasteiger partial charge in [0.2, 0.25) is 0 Å². The van der Waals surface area contributed by atoms with Gasteiger partial charge in [-0.3, -0.25) is 4.90 Å². The summed E-state index contributed by atoms with van der Waals surface area (Å²) >= 11 is 0. The van der Waals surface area contributed by atoms with Gasteiger partial charge in [0.1, 0.15) is 5.60 Å². The molecule has 1 aromatic carbocycles. The maximum Gasteiger partial charge on any atom is 0.407 e. The van der Waals surface area contributed by atoms with Crippen LogP contribution in [0.2, 0.25) is 0 Å². The number of unbranched alkanes of at least 4 members (excludes halogenated alkanes) is 1. The maximum absolute atomic E-state index is 11.6. The Bertz CT molecular complexity index is 535. The standard InChI is InChI=1S/C19H30N2O2/c1-15-8-7-9-16-10-13-21(14-17(15)16)12-6-5-11-20-18(22)23-19(2,3)4/h7-9H,5-6,10-14H2,1-4H3,(H,20,22). The van der Waals surface area contributed by atoms with Crippen LogP contribution >= 0.6 is 0 Å². The largest absolute Gasteiger partial charge is 0.444 e. The van der Waals surface area contributed by atoms with Crippen molar-refractivity contribution in [3.8, 4) is 0 Å². The third-order valence-electron chi connectivity index (χ3n) is 4.16. The van der Waals surface area contributed by atoms with Crippen LogP contribution in [0, 0.1) is 6.92 Å². The summed E-state index contributed by atoms with van der Waals surface area (Å²) in [5.74, 6) is 0. The number of benzene rings is 1. The molecule has 0 saturated heterocycles. The first-order chi connectivity index (χ1) is 10.8. The van der Waals surface area contributed by atoms with Crippen molar-refractivity contribution in [3.63, 3.8) is 0 Å². The molecule has 4 heteroatoms. The number of fused-ring (bicyclic) bond motifs is 1. The van der Waals surface area contributed by atoms with E-state index in [2.05, 4.69) is 35.3 Å². The summed E-state index contributed by atoms with van der Waals surface area (Å²) in [4.78, 5) is 14.1. The number of amides is 1. The minimum atomic E-state index is -0.427. The Balaban J connectivity index is 1.64. The molecule has 0 spiro atoms. The van der Waals surface area contributed by atoms with E-state index in [1.54, 1.807) is 0 Å². The molecule has 1 amide bonds. The number of carbonyl (C=O) groups is 1. The van der Waals surface area contributed by atoms with E-state index in [0.717, 1.165) is 38.9 Å². The Morgan fingerprint density at radius 1 is 1.30 bits per heavy atom. The molecule has 23 heavy (non-hydrogen) atoms. The molecule has 2 rings (SSSR count). The lowest BCUT2D eigenvalue weighted by atomic mass is 9.95. The molecule has 1 aromatic rings. The number of hydrogen-bond donors (Lipinski definition) is 1. The van der Waals surface area contributed by atoms with Gasteiger partial charge in [0.15, 0.2) is 0 Å². The zero-order valence-corrected chi connectivity index (χ0v) is 14.9. The van der Waals surface area contributed by atoms with Crippen LogP contribution in [0.25, 0.3) is 0 Å². The van der Waals surface area contributed by atoms with Crippen LogP contribution < -0.4 is 5.32 Å². The maximum atomic E-state index is 11.6. The van der Waals surface area contributed by atoms with Crippen molar-refractivity contribution >= 4 is 6.09 Å². The van der Waals surface area contributed by atoms with Crippen molar-refractivity contribution in [1.29, 1.82) is 0 Å². The Morgan fingerprint density at radius 3 is 2.83 bits per heavy atom. The number of rotatable bonds is 5. The molecule has 0 aliphatic carbocycles. The fraction of sp³-hybridized carbons (Fsp3) is 0.632. The van der Waals surface area contributed by atoms with E-state index < -0.39 is 5.60 Å². The SMILES string of the molecule is Cc1cccc2c1CN(CCCCNC(=O)OC(C)(C)C)CC2. The Kier molecular flexibility index (Phi) is 6.05. The van der Waals surface area contributed by atoms with Gasteiger partial charge in [0.05, 0.1) is 0 Å². The minimum Gasteiger partial charge on any atom is -0.444 e. The number of aryl methyl sites for hydroxylation is 1. The molecule has 0 unspecified atom stereocenters. The van der Waals surface area contributed by atoms with E-state index in [-0.39, 0.29) is 6.09 Å². The second kappa shape index (κ2) is 7.82. The van der Waals surface area contributed by atoms with Crippen molar-refractivity contribution in [2.75, 3.05) is 19.6 Å². The first-order valence-corrected chi connectivity index (χ1v) is 8.62. The monoisotopic (exact) mass is 318 g/mol. The summed E-state index contributed by atoms with van der Waals surface area (Å²) in [5.41, 5.74) is 3.99. The number of nitrogens with one attached hydrogen (secondary N) is 1. The molecule has 1 aliphatic heterocycles. The molecule has 0 saturated carbocycles. The first kappa shape index (κ1) is 17.8. The van der Waals surface area contributed by atoms with Gasteiger partial charge in [0.25, 0.3) is 0 Å². The number of ether oxygens (including phenoxy) is 1. The summed E-state index contributed by atoms with van der Waals surface area (Å²) in [6.07, 6.45) is 2.90. The highest BCUT2D eigenvalue weighted by Gasteiger charge is 2.17. The Hall–Kier alpha value is -1.55. The number of carbonyl (C=O) groups excluding carboxylic acids is 1. The van der Waals surface area contributed by atoms with Gasteiger partial charge < -0.3 is 10.1 Å². The highest BCUT2D eigenvalue weighted by molar-refractivity contribution is 5.67. The van der Waals surface area contributed by atoms with Gasteiger partial charge in [-0.15, -0.1) is 0 Å². The third-order valence-corrected chi connectivity index (χ3v) is 4.16. The molecule has 1 heterocycles. The Labute approximate surface area is 140 Å². The molecule has 0 bridgehead atoms. The Morgan fingerprint density at radius 2 is 2.09 bits per heavy atom. The predicted molar refractivity (Wildman–Crippen MR) is 93.6 cm³/mol. The normalized spacial score (nSPS) is 15.1. The predicted octanol–water partition coefficient (Wildman–Crippen LogP) is 3.66. The van der Waals surface area contributed by atoms with Crippen molar-refractivity contribution in [1.82, 2.24) is 10.2 Å². The fourth-order valence-corrected chi connectivity index (χ4v) is 2.96. The van der Waals surface area contributed by atoms with Gasteiger partial charge in [-0.1, -0.05) is 18.2 Å². The topological polar surface area (TPSA) is 41.6 Å². The first-order valence-electron chi connectivity index (χ1n) is 8.62. The van der Waals surface area contributed by atoms with Crippen LogP contribution in [0.5, 0.6) is 0 Å². The minimum absolute atomic E-state index is 0.319. The van der Waals surface area contributed by atoms with Crippen LogP contribution in [-0.4, -0.2) is 36.2 Å². The van der Waals surface area contributed by atoms with Crippen molar-refractivity contribution in [2.45, 2.75) is 59.1 Å². The lowest BCUT2D eigenvalue weighted by Gasteiger charge is -2.29. The average molecular weight is 318 g/mol. The second-order valence-corrected chi connectivity index (χ2v) is 7.37. The fourth-order valence-electron chi connectivity index (χ4n) is 2.96. The second-order valence-electron chi connectivity index (χ2n) is 7.37. The summed E-state index contributed by atoms with van der Waals surface area (Å²) in [6.45, 7) is 11.8. The van der Waals surface area contributed by atoms with Crippen molar-refractivity contribution < 1.29 is 9.53 Å². The van der Waals surface area contributed by atoms with E-state index in [4.69, 9.17) is 4.74 Å². The van der Waals surface area contributed by atoms with Gasteiger partial charge >= 0.3 is 6.09 Å². The van der Waals surface area contributed by atoms with Crippen LogP contribution in [-0.2, 0) is 17.7 Å². The molecule has 4 nitrogen and oxygen atoms in total. The van der Waals surface area contributed by atoms with Gasteiger partial charge in [-0.25, -0.2) is 4.79 Å². The van der Waals surface area contributed by atoms with Crippen molar-refractivity contribution in [3.05, 3.63) is 34.9 Å². The van der Waals surface area contributed by atoms with Gasteiger partial charge in [-0.2, -0.15) is 0 Å². The number of alkyl carbamates (subject to hydrolysis) is 1. The molecule has 1 N–H and O–H groups in total. The number of nitrogens with zero attached hydrogens (tertiary/aromatic N) is 1. The highest BCUT2D eigenvalue weighted by Crippen LogP contribution is 2.22. The van der Waals surface area contributed by atoms with Crippen LogP contribution in [0.4, 0.5) is 4.79 Å². The van der Waals surface area contributed by atoms with Crippen LogP contribution in [0.1, 0.15) is 50.3 Å². The zero-order valence-electron chi connectivity index (χ0n) is 14.9. The quantitative estimate of drug-likeness (QED) is 0.843.